The van der Waals surface area contributed by atoms with Crippen LogP contribution in [0.3, 0.4) is 0 Å². The molecule has 3 aromatic rings. The van der Waals surface area contributed by atoms with E-state index in [9.17, 15) is 18.8 Å². The summed E-state index contributed by atoms with van der Waals surface area (Å²) in [7, 11) is 0. The van der Waals surface area contributed by atoms with Crippen molar-refractivity contribution in [1.82, 2.24) is 5.32 Å². The first kappa shape index (κ1) is 25.9. The first-order valence-corrected chi connectivity index (χ1v) is 11.1. The Morgan fingerprint density at radius 2 is 1.53 bits per heavy atom. The van der Waals surface area contributed by atoms with E-state index in [1.807, 2.05) is 6.07 Å². The van der Waals surface area contributed by atoms with Gasteiger partial charge in [0.1, 0.15) is 24.5 Å². The molecule has 0 aliphatic rings. The quantitative estimate of drug-likeness (QED) is 0.417. The second-order valence-electron chi connectivity index (χ2n) is 7.78. The second-order valence-corrected chi connectivity index (χ2v) is 7.78. The molecule has 2 N–H and O–H groups in total. The number of anilines is 1. The number of carbonyl (C=O) groups excluding carboxylic acids is 3. The van der Waals surface area contributed by atoms with Crippen molar-refractivity contribution in [1.29, 1.82) is 5.26 Å². The number of rotatable bonds is 10. The van der Waals surface area contributed by atoms with Crippen LogP contribution in [0, 0.1) is 17.1 Å². The monoisotopic (exact) mass is 489 g/mol. The Morgan fingerprint density at radius 3 is 2.19 bits per heavy atom. The SMILES string of the molecule is N#CCOC(=O)[C@H](Cc1ccccc1)NC(=O)OCc1ccc(NC(=O)Cc2ccc(F)cc2)cc1. The number of amides is 2. The van der Waals surface area contributed by atoms with Gasteiger partial charge in [-0.05, 0) is 41.0 Å². The zero-order chi connectivity index (χ0) is 25.8. The predicted molar refractivity (Wildman–Crippen MR) is 129 cm³/mol. The van der Waals surface area contributed by atoms with Gasteiger partial charge in [0, 0.05) is 12.1 Å². The zero-order valence-electron chi connectivity index (χ0n) is 19.3. The molecule has 3 rings (SSSR count). The normalized spacial score (nSPS) is 11.0. The highest BCUT2D eigenvalue weighted by atomic mass is 19.1. The lowest BCUT2D eigenvalue weighted by atomic mass is 10.1. The van der Waals surface area contributed by atoms with Crippen LogP contribution in [0.4, 0.5) is 14.9 Å². The van der Waals surface area contributed by atoms with Gasteiger partial charge in [-0.1, -0.05) is 54.6 Å². The van der Waals surface area contributed by atoms with Gasteiger partial charge in [0.05, 0.1) is 6.42 Å². The minimum Gasteiger partial charge on any atom is -0.449 e. The molecule has 184 valence electrons. The van der Waals surface area contributed by atoms with Gasteiger partial charge >= 0.3 is 12.1 Å². The number of halogens is 1. The lowest BCUT2D eigenvalue weighted by Gasteiger charge is -2.17. The Kier molecular flexibility index (Phi) is 9.53. The fourth-order valence-corrected chi connectivity index (χ4v) is 3.26. The number of nitrogens with one attached hydrogen (secondary N) is 2. The number of esters is 1. The molecule has 2 amide bonds. The molecule has 0 radical (unpaired) electrons. The molecule has 0 saturated carbocycles. The number of carbonyl (C=O) groups is 3. The maximum Gasteiger partial charge on any atom is 0.408 e. The Morgan fingerprint density at radius 1 is 0.861 bits per heavy atom. The third-order valence-electron chi connectivity index (χ3n) is 5.02. The van der Waals surface area contributed by atoms with Gasteiger partial charge in [0.2, 0.25) is 5.91 Å². The van der Waals surface area contributed by atoms with E-state index in [0.29, 0.717) is 16.8 Å². The van der Waals surface area contributed by atoms with E-state index in [2.05, 4.69) is 10.6 Å². The summed E-state index contributed by atoms with van der Waals surface area (Å²) in [6.07, 6.45) is -0.541. The van der Waals surface area contributed by atoms with E-state index in [4.69, 9.17) is 14.7 Å². The lowest BCUT2D eigenvalue weighted by molar-refractivity contribution is -0.144. The molecule has 8 nitrogen and oxygen atoms in total. The molecule has 0 bridgehead atoms. The van der Waals surface area contributed by atoms with Crippen molar-refractivity contribution in [2.24, 2.45) is 0 Å². The zero-order valence-corrected chi connectivity index (χ0v) is 19.3. The molecule has 0 aliphatic heterocycles. The Labute approximate surface area is 207 Å². The average Bonchev–Trinajstić information content (AvgIpc) is 2.88. The van der Waals surface area contributed by atoms with Crippen LogP contribution in [0.5, 0.6) is 0 Å². The molecule has 0 heterocycles. The Hall–Kier alpha value is -4.71. The summed E-state index contributed by atoms with van der Waals surface area (Å²) >= 11 is 0. The summed E-state index contributed by atoms with van der Waals surface area (Å²) in [6, 6.07) is 22.1. The molecule has 36 heavy (non-hydrogen) atoms. The molecule has 0 saturated heterocycles. The van der Waals surface area contributed by atoms with E-state index < -0.39 is 24.7 Å². The minimum absolute atomic E-state index is 0.0685. The van der Waals surface area contributed by atoms with Gasteiger partial charge < -0.3 is 20.1 Å². The van der Waals surface area contributed by atoms with Crippen molar-refractivity contribution in [2.45, 2.75) is 25.5 Å². The smallest absolute Gasteiger partial charge is 0.408 e. The van der Waals surface area contributed by atoms with Gasteiger partial charge in [-0.3, -0.25) is 4.79 Å². The molecule has 0 aromatic heterocycles. The van der Waals surface area contributed by atoms with Crippen LogP contribution in [-0.4, -0.2) is 30.6 Å². The van der Waals surface area contributed by atoms with E-state index >= 15 is 0 Å². The molecular weight excluding hydrogens is 465 g/mol. The van der Waals surface area contributed by atoms with Gasteiger partial charge in [0.25, 0.3) is 0 Å². The first-order chi connectivity index (χ1) is 17.4. The van der Waals surface area contributed by atoms with Crippen LogP contribution in [0.25, 0.3) is 0 Å². The van der Waals surface area contributed by atoms with Crippen molar-refractivity contribution in [2.75, 3.05) is 11.9 Å². The maximum atomic E-state index is 13.0. The van der Waals surface area contributed by atoms with Crippen LogP contribution in [0.2, 0.25) is 0 Å². The van der Waals surface area contributed by atoms with Crippen LogP contribution < -0.4 is 10.6 Å². The standard InChI is InChI=1S/C27H24FN3O5/c28-22-10-6-20(7-11-22)17-25(32)30-23-12-8-21(9-13-23)18-36-27(34)31-24(26(33)35-15-14-29)16-19-4-2-1-3-5-19/h1-13,24H,15-18H2,(H,30,32)(H,31,34)/t24-/m0/s1. The molecule has 3 aromatic carbocycles. The maximum absolute atomic E-state index is 13.0. The number of ether oxygens (including phenoxy) is 2. The summed E-state index contributed by atoms with van der Waals surface area (Å²) in [6.45, 7) is -0.491. The van der Waals surface area contributed by atoms with Crippen molar-refractivity contribution in [3.63, 3.8) is 0 Å². The van der Waals surface area contributed by atoms with E-state index in [1.54, 1.807) is 66.7 Å². The number of nitriles is 1. The number of benzene rings is 3. The van der Waals surface area contributed by atoms with Crippen LogP contribution in [-0.2, 0) is 38.5 Å². The average molecular weight is 490 g/mol. The number of hydrogen-bond donors (Lipinski definition) is 2. The second kappa shape index (κ2) is 13.2. The third-order valence-corrected chi connectivity index (χ3v) is 5.02. The minimum atomic E-state index is -1.02. The van der Waals surface area contributed by atoms with Gasteiger partial charge in [-0.25, -0.2) is 14.0 Å². The molecule has 0 unspecified atom stereocenters. The van der Waals surface area contributed by atoms with Crippen molar-refractivity contribution >= 4 is 23.7 Å². The van der Waals surface area contributed by atoms with Crippen LogP contribution in [0.1, 0.15) is 16.7 Å². The lowest BCUT2D eigenvalue weighted by Crippen LogP contribution is -2.43. The van der Waals surface area contributed by atoms with Gasteiger partial charge in [-0.15, -0.1) is 0 Å². The van der Waals surface area contributed by atoms with Gasteiger partial charge in [-0.2, -0.15) is 5.26 Å². The molecule has 0 aliphatic carbocycles. The van der Waals surface area contributed by atoms with E-state index in [-0.39, 0.29) is 31.2 Å². The molecule has 1 atom stereocenters. The number of alkyl carbamates (subject to hydrolysis) is 1. The Bertz CT molecular complexity index is 1210. The summed E-state index contributed by atoms with van der Waals surface area (Å²) in [4.78, 5) is 36.8. The van der Waals surface area contributed by atoms with E-state index in [1.165, 1.54) is 12.1 Å². The van der Waals surface area contributed by atoms with Crippen LogP contribution in [0.15, 0.2) is 78.9 Å². The summed E-state index contributed by atoms with van der Waals surface area (Å²) in [5.41, 5.74) is 2.70. The fourth-order valence-electron chi connectivity index (χ4n) is 3.26. The van der Waals surface area contributed by atoms with E-state index in [0.717, 1.165) is 5.56 Å². The highest BCUT2D eigenvalue weighted by Crippen LogP contribution is 2.12. The number of hydrogen-bond acceptors (Lipinski definition) is 6. The van der Waals surface area contributed by atoms with Crippen molar-refractivity contribution < 1.29 is 28.2 Å². The molecular formula is C27H24FN3O5. The van der Waals surface area contributed by atoms with Crippen molar-refractivity contribution in [3.05, 3.63) is 101 Å². The predicted octanol–water partition coefficient (Wildman–Crippen LogP) is 3.91. The first-order valence-electron chi connectivity index (χ1n) is 11.1. The number of nitrogens with zero attached hydrogens (tertiary/aromatic N) is 1. The molecule has 9 heteroatoms. The highest BCUT2D eigenvalue weighted by Gasteiger charge is 2.23. The fraction of sp³-hybridized carbons (Fsp3) is 0.185. The summed E-state index contributed by atoms with van der Waals surface area (Å²) in [5.74, 6) is -1.35. The largest absolute Gasteiger partial charge is 0.449 e. The highest BCUT2D eigenvalue weighted by molar-refractivity contribution is 5.92. The topological polar surface area (TPSA) is 118 Å². The molecule has 0 spiro atoms. The summed E-state index contributed by atoms with van der Waals surface area (Å²) < 4.78 is 23.1. The Balaban J connectivity index is 1.49. The van der Waals surface area contributed by atoms with Gasteiger partial charge in [0.15, 0.2) is 6.61 Å². The van der Waals surface area contributed by atoms with Crippen LogP contribution >= 0.6 is 0 Å². The third kappa shape index (κ3) is 8.57. The molecule has 0 fully saturated rings. The van der Waals surface area contributed by atoms with Crippen molar-refractivity contribution in [3.8, 4) is 6.07 Å². The summed E-state index contributed by atoms with van der Waals surface area (Å²) in [5, 5.41) is 13.9.